The lowest BCUT2D eigenvalue weighted by Crippen LogP contribution is -2.36. The predicted octanol–water partition coefficient (Wildman–Crippen LogP) is 0.740. The fourth-order valence-electron chi connectivity index (χ4n) is 1.04. The van der Waals surface area contributed by atoms with Crippen LogP contribution in [0, 0.1) is 0 Å². The monoisotopic (exact) mass is 195 g/mol. The Labute approximate surface area is 82.2 Å². The molecule has 0 aromatic heterocycles. The summed E-state index contributed by atoms with van der Waals surface area (Å²) >= 11 is 0. The lowest BCUT2D eigenvalue weighted by atomic mass is 10.2. The summed E-state index contributed by atoms with van der Waals surface area (Å²) in [6, 6.07) is 8.08. The molecule has 0 aliphatic carbocycles. The number of rotatable bonds is 4. The van der Waals surface area contributed by atoms with Gasteiger partial charge in [0.1, 0.15) is 12.3 Å². The maximum atomic E-state index is 10.5. The first-order chi connectivity index (χ1) is 6.61. The summed E-state index contributed by atoms with van der Waals surface area (Å²) in [5.41, 5.74) is 0.653. The zero-order valence-corrected chi connectivity index (χ0v) is 7.84. The molecule has 2 unspecified atom stereocenters. The lowest BCUT2D eigenvalue weighted by Gasteiger charge is -2.15. The molecule has 4 nitrogen and oxygen atoms in total. The van der Waals surface area contributed by atoms with Crippen molar-refractivity contribution in [3.05, 3.63) is 35.9 Å². The number of aliphatic hydroxyl groups excluding tert-OH is 1. The van der Waals surface area contributed by atoms with Crippen LogP contribution >= 0.6 is 0 Å². The van der Waals surface area contributed by atoms with Crippen molar-refractivity contribution in [2.24, 2.45) is 0 Å². The van der Waals surface area contributed by atoms with Crippen LogP contribution in [0.15, 0.2) is 30.3 Å². The van der Waals surface area contributed by atoms with Gasteiger partial charge < -0.3 is 10.2 Å². The van der Waals surface area contributed by atoms with Crippen molar-refractivity contribution in [2.45, 2.75) is 19.2 Å². The SMILES string of the molecule is CC(NC(O)c1ccccc1)C(=O)O. The second-order valence-electron chi connectivity index (χ2n) is 3.04. The molecule has 0 radical (unpaired) electrons. The molecule has 0 heterocycles. The number of carboxylic acids is 1. The molecule has 0 saturated carbocycles. The molecule has 0 saturated heterocycles. The molecule has 3 N–H and O–H groups in total. The Hall–Kier alpha value is -1.39. The third kappa shape index (κ3) is 2.83. The number of carboxylic acid groups (broad SMARTS) is 1. The van der Waals surface area contributed by atoms with Crippen LogP contribution in [0.25, 0.3) is 0 Å². The van der Waals surface area contributed by atoms with Crippen molar-refractivity contribution in [1.82, 2.24) is 5.32 Å². The molecule has 14 heavy (non-hydrogen) atoms. The minimum Gasteiger partial charge on any atom is -0.480 e. The molecule has 4 heteroatoms. The van der Waals surface area contributed by atoms with Gasteiger partial charge in [0.15, 0.2) is 0 Å². The molecule has 0 fully saturated rings. The van der Waals surface area contributed by atoms with Crippen molar-refractivity contribution >= 4 is 5.97 Å². The minimum atomic E-state index is -0.986. The highest BCUT2D eigenvalue weighted by Gasteiger charge is 2.15. The molecular formula is C10H13NO3. The summed E-state index contributed by atoms with van der Waals surface area (Å²) in [6.07, 6.45) is -0.942. The van der Waals surface area contributed by atoms with Crippen molar-refractivity contribution in [2.75, 3.05) is 0 Å². The van der Waals surface area contributed by atoms with E-state index in [9.17, 15) is 9.90 Å². The molecule has 1 rings (SSSR count). The van der Waals surface area contributed by atoms with Gasteiger partial charge in [-0.3, -0.25) is 10.1 Å². The zero-order chi connectivity index (χ0) is 10.6. The Morgan fingerprint density at radius 3 is 2.43 bits per heavy atom. The van der Waals surface area contributed by atoms with Crippen LogP contribution in [0.1, 0.15) is 18.7 Å². The zero-order valence-electron chi connectivity index (χ0n) is 7.84. The predicted molar refractivity (Wildman–Crippen MR) is 51.6 cm³/mol. The highest BCUT2D eigenvalue weighted by atomic mass is 16.4. The lowest BCUT2D eigenvalue weighted by molar-refractivity contribution is -0.140. The molecule has 76 valence electrons. The van der Waals surface area contributed by atoms with Crippen molar-refractivity contribution in [3.63, 3.8) is 0 Å². The summed E-state index contributed by atoms with van der Waals surface area (Å²) in [5.74, 6) is -0.986. The molecule has 0 spiro atoms. The molecular weight excluding hydrogens is 182 g/mol. The maximum absolute atomic E-state index is 10.5. The normalized spacial score (nSPS) is 14.7. The highest BCUT2D eigenvalue weighted by Crippen LogP contribution is 2.09. The van der Waals surface area contributed by atoms with E-state index in [0.717, 1.165) is 0 Å². The molecule has 0 aliphatic rings. The topological polar surface area (TPSA) is 69.6 Å². The smallest absolute Gasteiger partial charge is 0.320 e. The van der Waals surface area contributed by atoms with E-state index < -0.39 is 18.2 Å². The summed E-state index contributed by atoms with van der Waals surface area (Å²) in [4.78, 5) is 10.5. The van der Waals surface area contributed by atoms with Gasteiger partial charge in [0.25, 0.3) is 0 Å². The number of hydrogen-bond acceptors (Lipinski definition) is 3. The number of hydrogen-bond donors (Lipinski definition) is 3. The summed E-state index contributed by atoms with van der Waals surface area (Å²) < 4.78 is 0. The fraction of sp³-hybridized carbons (Fsp3) is 0.300. The van der Waals surface area contributed by atoms with E-state index in [2.05, 4.69) is 5.32 Å². The largest absolute Gasteiger partial charge is 0.480 e. The molecule has 1 aromatic rings. The van der Waals surface area contributed by atoms with E-state index in [1.807, 2.05) is 6.07 Å². The number of aliphatic carboxylic acids is 1. The standard InChI is InChI=1S/C10H13NO3/c1-7(10(13)14)11-9(12)8-5-3-2-4-6-8/h2-7,9,11-12H,1H3,(H,13,14). The Bertz CT molecular complexity index is 299. The molecule has 2 atom stereocenters. The van der Waals surface area contributed by atoms with Crippen LogP contribution in [-0.2, 0) is 4.79 Å². The van der Waals surface area contributed by atoms with Gasteiger partial charge >= 0.3 is 5.97 Å². The molecule has 1 aromatic carbocycles. The van der Waals surface area contributed by atoms with Crippen LogP contribution in [-0.4, -0.2) is 22.2 Å². The number of carbonyl (C=O) groups is 1. The second kappa shape index (κ2) is 4.74. The van der Waals surface area contributed by atoms with E-state index in [1.165, 1.54) is 6.92 Å². The second-order valence-corrected chi connectivity index (χ2v) is 3.04. The highest BCUT2D eigenvalue weighted by molar-refractivity contribution is 5.72. The Balaban J connectivity index is 2.59. The van der Waals surface area contributed by atoms with E-state index in [0.29, 0.717) is 5.56 Å². The number of nitrogens with one attached hydrogen (secondary N) is 1. The minimum absolute atomic E-state index is 0.653. The molecule has 0 bridgehead atoms. The van der Waals surface area contributed by atoms with Crippen molar-refractivity contribution in [1.29, 1.82) is 0 Å². The Morgan fingerprint density at radius 1 is 1.36 bits per heavy atom. The van der Waals surface area contributed by atoms with Gasteiger partial charge in [-0.2, -0.15) is 0 Å². The summed E-state index contributed by atoms with van der Waals surface area (Å²) in [5, 5.41) is 20.7. The van der Waals surface area contributed by atoms with Crippen LogP contribution in [0.3, 0.4) is 0 Å². The van der Waals surface area contributed by atoms with Crippen LogP contribution in [0.2, 0.25) is 0 Å². The van der Waals surface area contributed by atoms with Gasteiger partial charge in [0.05, 0.1) is 0 Å². The van der Waals surface area contributed by atoms with E-state index in [4.69, 9.17) is 5.11 Å². The third-order valence-corrected chi connectivity index (χ3v) is 1.89. The van der Waals surface area contributed by atoms with E-state index >= 15 is 0 Å². The van der Waals surface area contributed by atoms with Gasteiger partial charge in [-0.25, -0.2) is 0 Å². The van der Waals surface area contributed by atoms with Gasteiger partial charge in [-0.05, 0) is 12.5 Å². The van der Waals surface area contributed by atoms with Crippen LogP contribution in [0.5, 0.6) is 0 Å². The first kappa shape index (κ1) is 10.7. The number of benzene rings is 1. The van der Waals surface area contributed by atoms with Crippen LogP contribution in [0.4, 0.5) is 0 Å². The van der Waals surface area contributed by atoms with Gasteiger partial charge in [0, 0.05) is 0 Å². The molecule has 0 aliphatic heterocycles. The van der Waals surface area contributed by atoms with E-state index in [-0.39, 0.29) is 0 Å². The number of aliphatic hydroxyl groups is 1. The molecule has 0 amide bonds. The Morgan fingerprint density at radius 2 is 1.93 bits per heavy atom. The van der Waals surface area contributed by atoms with Crippen molar-refractivity contribution in [3.8, 4) is 0 Å². The average molecular weight is 195 g/mol. The van der Waals surface area contributed by atoms with Gasteiger partial charge in [-0.15, -0.1) is 0 Å². The third-order valence-electron chi connectivity index (χ3n) is 1.89. The first-order valence-corrected chi connectivity index (χ1v) is 4.33. The Kier molecular flexibility index (Phi) is 3.62. The van der Waals surface area contributed by atoms with Crippen molar-refractivity contribution < 1.29 is 15.0 Å². The van der Waals surface area contributed by atoms with Crippen LogP contribution < -0.4 is 5.32 Å². The van der Waals surface area contributed by atoms with Gasteiger partial charge in [0.2, 0.25) is 0 Å². The quantitative estimate of drug-likeness (QED) is 0.620. The average Bonchev–Trinajstić information content (AvgIpc) is 2.19. The van der Waals surface area contributed by atoms with E-state index in [1.54, 1.807) is 24.3 Å². The fourth-order valence-corrected chi connectivity index (χ4v) is 1.04. The first-order valence-electron chi connectivity index (χ1n) is 4.33. The maximum Gasteiger partial charge on any atom is 0.320 e. The summed E-state index contributed by atoms with van der Waals surface area (Å²) in [6.45, 7) is 1.48. The summed E-state index contributed by atoms with van der Waals surface area (Å²) in [7, 11) is 0. The van der Waals surface area contributed by atoms with Gasteiger partial charge in [-0.1, -0.05) is 30.3 Å².